The van der Waals surface area contributed by atoms with Gasteiger partial charge in [0.1, 0.15) is 0 Å². The maximum Gasteiger partial charge on any atom is 0.0989 e. The topological polar surface area (TPSA) is 58.9 Å². The van der Waals surface area contributed by atoms with Crippen molar-refractivity contribution in [1.29, 1.82) is 0 Å². The van der Waals surface area contributed by atoms with Crippen LogP contribution in [0.5, 0.6) is 0 Å². The molecule has 0 aromatic rings. The van der Waals surface area contributed by atoms with Gasteiger partial charge in [-0.1, -0.05) is 6.92 Å². The molecule has 1 unspecified atom stereocenters. The number of aliphatic hydroxyl groups excluding tert-OH is 1. The summed E-state index contributed by atoms with van der Waals surface area (Å²) in [6.45, 7) is 2.22. The third kappa shape index (κ3) is 1.23. The van der Waals surface area contributed by atoms with Gasteiger partial charge in [-0.05, 0) is 24.8 Å². The Bertz CT molecular complexity index is 662. The summed E-state index contributed by atoms with van der Waals surface area (Å²) in [5.74, 6) is 0.918. The van der Waals surface area contributed by atoms with E-state index in [4.69, 9.17) is 4.98 Å². The molecule has 2 aliphatic heterocycles. The summed E-state index contributed by atoms with van der Waals surface area (Å²) in [7, 11) is 0. The molecule has 4 aliphatic rings. The summed E-state index contributed by atoms with van der Waals surface area (Å²) in [5.41, 5.74) is 6.43. The van der Waals surface area contributed by atoms with Crippen LogP contribution < -0.4 is 0 Å². The third-order valence-corrected chi connectivity index (χ3v) is 3.80. The molecule has 0 bridgehead atoms. The second kappa shape index (κ2) is 3.28. The van der Waals surface area contributed by atoms with Gasteiger partial charge in [0.2, 0.25) is 0 Å². The zero-order valence-electron chi connectivity index (χ0n) is 10.1. The van der Waals surface area contributed by atoms with Crippen molar-refractivity contribution in [1.82, 2.24) is 15.2 Å². The Hall–Kier alpha value is -1.97. The van der Waals surface area contributed by atoms with Gasteiger partial charge in [0.25, 0.3) is 0 Å². The van der Waals surface area contributed by atoms with Crippen LogP contribution in [-0.2, 0) is 19.3 Å². The highest BCUT2D eigenvalue weighted by Gasteiger charge is 2.31. The lowest BCUT2D eigenvalue weighted by molar-refractivity contribution is 0.402. The van der Waals surface area contributed by atoms with E-state index in [1.165, 1.54) is 5.56 Å². The van der Waals surface area contributed by atoms with Crippen molar-refractivity contribution in [2.75, 3.05) is 0 Å². The Kier molecular flexibility index (Phi) is 1.82. The van der Waals surface area contributed by atoms with Crippen LogP contribution >= 0.6 is 0 Å². The number of rotatable bonds is 0. The van der Waals surface area contributed by atoms with Gasteiger partial charge in [0, 0.05) is 23.1 Å². The summed E-state index contributed by atoms with van der Waals surface area (Å²) >= 11 is 0. The Morgan fingerprint density at radius 3 is 2.89 bits per heavy atom. The minimum Gasteiger partial charge on any atom is -0.512 e. The highest BCUT2D eigenvalue weighted by molar-refractivity contribution is 5.84. The molecule has 1 atom stereocenters. The molecule has 0 saturated heterocycles. The first-order valence-corrected chi connectivity index (χ1v) is 6.28. The summed E-state index contributed by atoms with van der Waals surface area (Å²) in [4.78, 5) is 4.71. The predicted octanol–water partition coefficient (Wildman–Crippen LogP) is 2.17. The van der Waals surface area contributed by atoms with Crippen molar-refractivity contribution in [2.45, 2.75) is 26.2 Å². The van der Waals surface area contributed by atoms with Crippen LogP contribution in [0.2, 0.25) is 0 Å². The first kappa shape index (κ1) is 10.00. The van der Waals surface area contributed by atoms with Crippen LogP contribution in [0.25, 0.3) is 17.2 Å². The van der Waals surface area contributed by atoms with Crippen molar-refractivity contribution in [2.24, 2.45) is 5.92 Å². The fourth-order valence-corrected chi connectivity index (χ4v) is 3.12. The fourth-order valence-electron chi connectivity index (χ4n) is 3.12. The number of nitrogens with zero attached hydrogens (tertiary/aromatic N) is 3. The average Bonchev–Trinajstić information content (AvgIpc) is 2.54. The maximum atomic E-state index is 9.78. The second-order valence-electron chi connectivity index (χ2n) is 5.33. The summed E-state index contributed by atoms with van der Waals surface area (Å²) < 4.78 is 0. The summed E-state index contributed by atoms with van der Waals surface area (Å²) in [6, 6.07) is 0. The molecule has 90 valence electrons. The molecule has 18 heavy (non-hydrogen) atoms. The van der Waals surface area contributed by atoms with Crippen LogP contribution in [-0.4, -0.2) is 20.3 Å². The Morgan fingerprint density at radius 2 is 2.00 bits per heavy atom. The standard InChI is InChI=1S/C14H13N3O/c1-7-2-10-14-12(3-7)17-15-6-8-4-9(18)5-11(16-10)13(8)14/h4,6-7,18H,2-3,5H2,1H3. The Morgan fingerprint density at radius 1 is 1.17 bits per heavy atom. The molecular weight excluding hydrogens is 226 g/mol. The summed E-state index contributed by atoms with van der Waals surface area (Å²) in [5, 5.41) is 18.2. The van der Waals surface area contributed by atoms with E-state index in [1.807, 2.05) is 0 Å². The number of aliphatic hydroxyl groups is 1. The summed E-state index contributed by atoms with van der Waals surface area (Å²) in [6.07, 6.45) is 6.00. The van der Waals surface area contributed by atoms with Crippen molar-refractivity contribution >= 4 is 6.08 Å². The van der Waals surface area contributed by atoms with E-state index in [0.717, 1.165) is 41.1 Å². The van der Waals surface area contributed by atoms with Gasteiger partial charge in [-0.25, -0.2) is 0 Å². The molecule has 4 heteroatoms. The first-order valence-electron chi connectivity index (χ1n) is 6.28. The van der Waals surface area contributed by atoms with E-state index in [9.17, 15) is 5.11 Å². The number of allylic oxidation sites excluding steroid dienone is 1. The highest BCUT2D eigenvalue weighted by atomic mass is 16.3. The molecule has 0 saturated carbocycles. The van der Waals surface area contributed by atoms with Crippen molar-refractivity contribution in [3.63, 3.8) is 0 Å². The van der Waals surface area contributed by atoms with E-state index < -0.39 is 0 Å². The fraction of sp³-hybridized carbons (Fsp3) is 0.357. The molecule has 0 spiro atoms. The van der Waals surface area contributed by atoms with Gasteiger partial charge in [-0.15, -0.1) is 0 Å². The van der Waals surface area contributed by atoms with Gasteiger partial charge >= 0.3 is 0 Å². The zero-order chi connectivity index (χ0) is 12.3. The normalized spacial score (nSPS) is 20.9. The van der Waals surface area contributed by atoms with E-state index in [2.05, 4.69) is 17.1 Å². The molecule has 2 heterocycles. The van der Waals surface area contributed by atoms with Crippen molar-refractivity contribution in [3.05, 3.63) is 34.6 Å². The molecular formula is C14H13N3O. The molecule has 0 aromatic carbocycles. The van der Waals surface area contributed by atoms with Crippen LogP contribution in [0.4, 0.5) is 0 Å². The molecule has 1 N–H and O–H groups in total. The van der Waals surface area contributed by atoms with Gasteiger partial charge in [-0.3, -0.25) is 4.98 Å². The molecule has 4 rings (SSSR count). The van der Waals surface area contributed by atoms with Crippen LogP contribution in [0.15, 0.2) is 12.0 Å². The number of aromatic nitrogens is 3. The van der Waals surface area contributed by atoms with Crippen molar-refractivity contribution < 1.29 is 5.11 Å². The lowest BCUT2D eigenvalue weighted by Crippen LogP contribution is -2.12. The van der Waals surface area contributed by atoms with Crippen molar-refractivity contribution in [3.8, 4) is 11.1 Å². The van der Waals surface area contributed by atoms with Gasteiger partial charge in [0.05, 0.1) is 29.0 Å². The quantitative estimate of drug-likeness (QED) is 0.765. The van der Waals surface area contributed by atoms with Gasteiger partial charge in [0.15, 0.2) is 0 Å². The predicted molar refractivity (Wildman–Crippen MR) is 67.3 cm³/mol. The van der Waals surface area contributed by atoms with E-state index in [-0.39, 0.29) is 0 Å². The molecule has 0 fully saturated rings. The lowest BCUT2D eigenvalue weighted by Gasteiger charge is -2.18. The van der Waals surface area contributed by atoms with Crippen LogP contribution in [0.1, 0.15) is 29.6 Å². The van der Waals surface area contributed by atoms with E-state index >= 15 is 0 Å². The third-order valence-electron chi connectivity index (χ3n) is 3.80. The van der Waals surface area contributed by atoms with Crippen LogP contribution in [0, 0.1) is 5.92 Å². The SMILES string of the molecule is CC1Cc2nncc3c4c(nc(c2-4)C1)CC(O)=C3. The van der Waals surface area contributed by atoms with E-state index in [1.54, 1.807) is 12.3 Å². The van der Waals surface area contributed by atoms with Crippen LogP contribution in [0.3, 0.4) is 0 Å². The largest absolute Gasteiger partial charge is 0.512 e. The molecule has 0 aromatic heterocycles. The zero-order valence-corrected chi connectivity index (χ0v) is 10.1. The van der Waals surface area contributed by atoms with E-state index in [0.29, 0.717) is 18.1 Å². The average molecular weight is 239 g/mol. The number of hydrogen-bond acceptors (Lipinski definition) is 4. The molecule has 0 radical (unpaired) electrons. The second-order valence-corrected chi connectivity index (χ2v) is 5.33. The Balaban J connectivity index is 2.08. The number of hydrogen-bond donors (Lipinski definition) is 1. The monoisotopic (exact) mass is 239 g/mol. The smallest absolute Gasteiger partial charge is 0.0989 e. The first-order chi connectivity index (χ1) is 8.72. The minimum absolute atomic E-state index is 0.357. The maximum absolute atomic E-state index is 9.78. The van der Waals surface area contributed by atoms with Gasteiger partial charge in [-0.2, -0.15) is 10.2 Å². The Labute approximate surface area is 105 Å². The highest BCUT2D eigenvalue weighted by Crippen LogP contribution is 2.42. The molecule has 4 nitrogen and oxygen atoms in total. The molecule has 0 amide bonds. The van der Waals surface area contributed by atoms with Gasteiger partial charge < -0.3 is 5.11 Å². The lowest BCUT2D eigenvalue weighted by atomic mass is 9.85. The molecule has 2 aliphatic carbocycles. The minimum atomic E-state index is 0.357.